The van der Waals surface area contributed by atoms with E-state index in [4.69, 9.17) is 0 Å². The standard InChI is InChI=1S/C16H19N3O/c1-11-5-7-16(8-6-11)19-12(2)9-15(13(19)3)10-17-18-14(4)20/h5-10H,1-4H3,(H,18,20)/b17-10-. The molecule has 0 fully saturated rings. The van der Waals surface area contributed by atoms with E-state index >= 15 is 0 Å². The lowest BCUT2D eigenvalue weighted by atomic mass is 10.2. The van der Waals surface area contributed by atoms with Crippen molar-refractivity contribution in [1.29, 1.82) is 0 Å². The second-order valence-corrected chi connectivity index (χ2v) is 4.92. The van der Waals surface area contributed by atoms with Crippen LogP contribution in [0.1, 0.15) is 29.4 Å². The highest BCUT2D eigenvalue weighted by atomic mass is 16.2. The number of benzene rings is 1. The first-order chi connectivity index (χ1) is 9.49. The third-order valence-corrected chi connectivity index (χ3v) is 3.19. The summed E-state index contributed by atoms with van der Waals surface area (Å²) in [5, 5.41) is 3.93. The van der Waals surface area contributed by atoms with Gasteiger partial charge in [0, 0.05) is 29.6 Å². The van der Waals surface area contributed by atoms with Gasteiger partial charge in [-0.1, -0.05) is 17.7 Å². The Hall–Kier alpha value is -2.36. The Morgan fingerprint density at radius 1 is 1.20 bits per heavy atom. The molecule has 0 radical (unpaired) electrons. The maximum atomic E-state index is 10.8. The number of hydrogen-bond acceptors (Lipinski definition) is 2. The van der Waals surface area contributed by atoms with Crippen molar-refractivity contribution in [1.82, 2.24) is 9.99 Å². The number of nitrogens with one attached hydrogen (secondary N) is 1. The molecule has 2 rings (SSSR count). The third kappa shape index (κ3) is 2.96. The predicted molar refractivity (Wildman–Crippen MR) is 81.4 cm³/mol. The van der Waals surface area contributed by atoms with Crippen LogP contribution in [0.3, 0.4) is 0 Å². The molecule has 4 nitrogen and oxygen atoms in total. The maximum Gasteiger partial charge on any atom is 0.236 e. The lowest BCUT2D eigenvalue weighted by Gasteiger charge is -2.09. The van der Waals surface area contributed by atoms with E-state index in [1.165, 1.54) is 12.5 Å². The summed E-state index contributed by atoms with van der Waals surface area (Å²) in [5.41, 5.74) is 8.02. The molecule has 2 aromatic rings. The fourth-order valence-corrected chi connectivity index (χ4v) is 2.20. The minimum absolute atomic E-state index is 0.173. The van der Waals surface area contributed by atoms with Gasteiger partial charge in [-0.2, -0.15) is 5.10 Å². The van der Waals surface area contributed by atoms with Crippen LogP contribution in [-0.4, -0.2) is 16.7 Å². The molecule has 1 amide bonds. The van der Waals surface area contributed by atoms with Crippen molar-refractivity contribution in [2.45, 2.75) is 27.7 Å². The van der Waals surface area contributed by atoms with Crippen LogP contribution in [0.5, 0.6) is 0 Å². The summed E-state index contributed by atoms with van der Waals surface area (Å²) < 4.78 is 2.18. The van der Waals surface area contributed by atoms with Crippen LogP contribution in [0.2, 0.25) is 0 Å². The van der Waals surface area contributed by atoms with E-state index in [0.29, 0.717) is 0 Å². The first-order valence-electron chi connectivity index (χ1n) is 6.54. The number of aromatic nitrogens is 1. The van der Waals surface area contributed by atoms with Crippen molar-refractivity contribution in [2.75, 3.05) is 0 Å². The lowest BCUT2D eigenvalue weighted by molar-refractivity contribution is -0.118. The highest BCUT2D eigenvalue weighted by molar-refractivity contribution is 5.83. The summed E-state index contributed by atoms with van der Waals surface area (Å²) in [6, 6.07) is 10.5. The summed E-state index contributed by atoms with van der Waals surface area (Å²) in [6.07, 6.45) is 1.68. The van der Waals surface area contributed by atoms with E-state index in [0.717, 1.165) is 22.6 Å². The molecule has 0 aliphatic heterocycles. The van der Waals surface area contributed by atoms with Crippen molar-refractivity contribution in [2.24, 2.45) is 5.10 Å². The lowest BCUT2D eigenvalue weighted by Crippen LogP contribution is -2.12. The molecule has 0 aliphatic carbocycles. The van der Waals surface area contributed by atoms with Crippen LogP contribution < -0.4 is 5.43 Å². The van der Waals surface area contributed by atoms with Crippen LogP contribution in [0.4, 0.5) is 0 Å². The van der Waals surface area contributed by atoms with E-state index < -0.39 is 0 Å². The molecule has 104 valence electrons. The van der Waals surface area contributed by atoms with Gasteiger partial charge in [-0.05, 0) is 39.0 Å². The Morgan fingerprint density at radius 2 is 1.85 bits per heavy atom. The summed E-state index contributed by atoms with van der Waals surface area (Å²) >= 11 is 0. The van der Waals surface area contributed by atoms with Gasteiger partial charge in [0.2, 0.25) is 5.91 Å². The molecule has 0 saturated carbocycles. The van der Waals surface area contributed by atoms with Crippen LogP contribution in [0, 0.1) is 20.8 Å². The number of hydrogen-bond donors (Lipinski definition) is 1. The molecule has 1 heterocycles. The van der Waals surface area contributed by atoms with Gasteiger partial charge in [0.05, 0.1) is 6.21 Å². The average Bonchev–Trinajstić information content (AvgIpc) is 2.66. The van der Waals surface area contributed by atoms with Crippen molar-refractivity contribution in [3.63, 3.8) is 0 Å². The third-order valence-electron chi connectivity index (χ3n) is 3.19. The monoisotopic (exact) mass is 269 g/mol. The second kappa shape index (κ2) is 5.74. The van der Waals surface area contributed by atoms with Gasteiger partial charge in [-0.3, -0.25) is 4.79 Å². The molecule has 0 spiro atoms. The summed E-state index contributed by atoms with van der Waals surface area (Å²) in [7, 11) is 0. The van der Waals surface area contributed by atoms with E-state index in [9.17, 15) is 4.79 Å². The van der Waals surface area contributed by atoms with Crippen LogP contribution in [0.25, 0.3) is 5.69 Å². The Balaban J connectivity index is 2.36. The van der Waals surface area contributed by atoms with E-state index in [1.54, 1.807) is 6.21 Å². The van der Waals surface area contributed by atoms with Crippen molar-refractivity contribution >= 4 is 12.1 Å². The zero-order chi connectivity index (χ0) is 14.7. The molecule has 0 aliphatic rings. The molecule has 0 saturated heterocycles. The van der Waals surface area contributed by atoms with Gasteiger partial charge in [-0.25, -0.2) is 5.43 Å². The number of hydrazone groups is 1. The predicted octanol–water partition coefficient (Wildman–Crippen LogP) is 2.87. The molecule has 1 aromatic heterocycles. The number of carbonyl (C=O) groups is 1. The maximum absolute atomic E-state index is 10.8. The molecule has 1 aromatic carbocycles. The van der Waals surface area contributed by atoms with Crippen molar-refractivity contribution in [3.8, 4) is 5.69 Å². The van der Waals surface area contributed by atoms with E-state index in [1.807, 2.05) is 6.92 Å². The fourth-order valence-electron chi connectivity index (χ4n) is 2.20. The zero-order valence-electron chi connectivity index (χ0n) is 12.3. The Bertz CT molecular complexity index is 651. The van der Waals surface area contributed by atoms with Crippen LogP contribution in [-0.2, 0) is 4.79 Å². The normalized spacial score (nSPS) is 11.0. The molecular weight excluding hydrogens is 250 g/mol. The first kappa shape index (κ1) is 14.1. The van der Waals surface area contributed by atoms with Gasteiger partial charge in [0.1, 0.15) is 0 Å². The molecule has 0 unspecified atom stereocenters. The summed E-state index contributed by atoms with van der Waals surface area (Å²) in [6.45, 7) is 7.61. The number of carbonyl (C=O) groups excluding carboxylic acids is 1. The van der Waals surface area contributed by atoms with Gasteiger partial charge < -0.3 is 4.57 Å². The van der Waals surface area contributed by atoms with Crippen LogP contribution >= 0.6 is 0 Å². The van der Waals surface area contributed by atoms with Gasteiger partial charge in [-0.15, -0.1) is 0 Å². The SMILES string of the molecule is CC(=O)N/N=C\c1cc(C)n(-c2ccc(C)cc2)c1C. The van der Waals surface area contributed by atoms with E-state index in [2.05, 4.69) is 59.3 Å². The Morgan fingerprint density at radius 3 is 2.45 bits per heavy atom. The molecular formula is C16H19N3O. The van der Waals surface area contributed by atoms with Gasteiger partial charge >= 0.3 is 0 Å². The summed E-state index contributed by atoms with van der Waals surface area (Å²) in [4.78, 5) is 10.8. The minimum Gasteiger partial charge on any atom is -0.318 e. The fraction of sp³-hybridized carbons (Fsp3) is 0.250. The average molecular weight is 269 g/mol. The van der Waals surface area contributed by atoms with Crippen LogP contribution in [0.15, 0.2) is 35.4 Å². The van der Waals surface area contributed by atoms with Crippen molar-refractivity contribution < 1.29 is 4.79 Å². The Kier molecular flexibility index (Phi) is 4.03. The number of rotatable bonds is 3. The molecule has 1 N–H and O–H groups in total. The Labute approximate surface area is 119 Å². The quantitative estimate of drug-likeness (QED) is 0.676. The second-order valence-electron chi connectivity index (χ2n) is 4.92. The highest BCUT2D eigenvalue weighted by Gasteiger charge is 2.09. The number of nitrogens with zero attached hydrogens (tertiary/aromatic N) is 2. The highest BCUT2D eigenvalue weighted by Crippen LogP contribution is 2.20. The summed E-state index contributed by atoms with van der Waals surface area (Å²) in [5.74, 6) is -0.173. The molecule has 4 heteroatoms. The smallest absolute Gasteiger partial charge is 0.236 e. The molecule has 0 bridgehead atoms. The van der Waals surface area contributed by atoms with Gasteiger partial charge in [0.15, 0.2) is 0 Å². The first-order valence-corrected chi connectivity index (χ1v) is 6.54. The zero-order valence-corrected chi connectivity index (χ0v) is 12.3. The number of amides is 1. The minimum atomic E-state index is -0.173. The van der Waals surface area contributed by atoms with Gasteiger partial charge in [0.25, 0.3) is 0 Å². The van der Waals surface area contributed by atoms with E-state index in [-0.39, 0.29) is 5.91 Å². The topological polar surface area (TPSA) is 46.4 Å². The largest absolute Gasteiger partial charge is 0.318 e. The van der Waals surface area contributed by atoms with Crippen molar-refractivity contribution in [3.05, 3.63) is 52.8 Å². The molecule has 20 heavy (non-hydrogen) atoms. The molecule has 0 atom stereocenters. The number of aryl methyl sites for hydroxylation is 2.